The van der Waals surface area contributed by atoms with Crippen molar-refractivity contribution in [2.24, 2.45) is 5.16 Å². The predicted molar refractivity (Wildman–Crippen MR) is 82.1 cm³/mol. The normalized spacial score (nSPS) is 17.0. The van der Waals surface area contributed by atoms with E-state index < -0.39 is 9.84 Å². The van der Waals surface area contributed by atoms with Crippen molar-refractivity contribution in [3.8, 4) is 5.75 Å². The smallest absolute Gasteiger partial charge is 0.155 e. The third-order valence-corrected chi connectivity index (χ3v) is 5.92. The fourth-order valence-electron chi connectivity index (χ4n) is 2.40. The molecule has 0 heterocycles. The lowest BCUT2D eigenvalue weighted by Crippen LogP contribution is -2.22. The van der Waals surface area contributed by atoms with E-state index in [1.165, 1.54) is 0 Å². The van der Waals surface area contributed by atoms with Crippen LogP contribution in [0.1, 0.15) is 37.8 Å². The lowest BCUT2D eigenvalue weighted by Gasteiger charge is -2.20. The molecule has 0 bridgehead atoms. The SMILES string of the molecule is CC(C)S(=O)(=O)CCOc1cccc2c1CCC/C2=N\O. The summed E-state index contributed by atoms with van der Waals surface area (Å²) >= 11 is 0. The summed E-state index contributed by atoms with van der Waals surface area (Å²) in [6, 6.07) is 5.57. The molecule has 0 fully saturated rings. The average molecular weight is 311 g/mol. The summed E-state index contributed by atoms with van der Waals surface area (Å²) in [6.45, 7) is 3.48. The first-order chi connectivity index (χ1) is 9.95. The third kappa shape index (κ3) is 3.56. The van der Waals surface area contributed by atoms with Gasteiger partial charge in [-0.1, -0.05) is 17.3 Å². The van der Waals surface area contributed by atoms with Crippen molar-refractivity contribution in [3.05, 3.63) is 29.3 Å². The quantitative estimate of drug-likeness (QED) is 0.669. The molecule has 1 N–H and O–H groups in total. The summed E-state index contributed by atoms with van der Waals surface area (Å²) in [6.07, 6.45) is 2.49. The van der Waals surface area contributed by atoms with Gasteiger partial charge in [0.2, 0.25) is 0 Å². The molecule has 0 aromatic heterocycles. The van der Waals surface area contributed by atoms with Crippen LogP contribution in [0.3, 0.4) is 0 Å². The van der Waals surface area contributed by atoms with Gasteiger partial charge < -0.3 is 9.94 Å². The first-order valence-electron chi connectivity index (χ1n) is 7.13. The van der Waals surface area contributed by atoms with Gasteiger partial charge >= 0.3 is 0 Å². The standard InChI is InChI=1S/C15H21NO4S/c1-11(2)21(18,19)10-9-20-15-8-4-5-12-13(15)6-3-7-14(12)16-17/h4-5,8,11,17H,3,6-7,9-10H2,1-2H3/b16-14+. The molecule has 0 aliphatic heterocycles. The second-order valence-electron chi connectivity index (χ2n) is 5.45. The Hall–Kier alpha value is -1.56. The van der Waals surface area contributed by atoms with E-state index in [-0.39, 0.29) is 17.6 Å². The molecule has 6 heteroatoms. The van der Waals surface area contributed by atoms with Gasteiger partial charge in [-0.2, -0.15) is 0 Å². The van der Waals surface area contributed by atoms with Gasteiger partial charge in [-0.25, -0.2) is 8.42 Å². The van der Waals surface area contributed by atoms with Crippen LogP contribution >= 0.6 is 0 Å². The Morgan fingerprint density at radius 3 is 2.76 bits per heavy atom. The zero-order valence-electron chi connectivity index (χ0n) is 12.4. The maximum atomic E-state index is 11.8. The summed E-state index contributed by atoms with van der Waals surface area (Å²) < 4.78 is 29.2. The van der Waals surface area contributed by atoms with E-state index in [0.717, 1.165) is 30.4 Å². The number of fused-ring (bicyclic) bond motifs is 1. The minimum atomic E-state index is -3.09. The minimum Gasteiger partial charge on any atom is -0.492 e. The van der Waals surface area contributed by atoms with Crippen LogP contribution in [-0.2, 0) is 16.3 Å². The number of oxime groups is 1. The topological polar surface area (TPSA) is 76.0 Å². The van der Waals surface area contributed by atoms with Crippen LogP contribution in [0.15, 0.2) is 23.4 Å². The molecule has 0 unspecified atom stereocenters. The average Bonchev–Trinajstić information content (AvgIpc) is 2.46. The van der Waals surface area contributed by atoms with Crippen LogP contribution in [0.4, 0.5) is 0 Å². The van der Waals surface area contributed by atoms with Crippen LogP contribution in [0.25, 0.3) is 0 Å². The zero-order valence-corrected chi connectivity index (χ0v) is 13.2. The van der Waals surface area contributed by atoms with E-state index in [4.69, 9.17) is 9.94 Å². The van der Waals surface area contributed by atoms with E-state index in [2.05, 4.69) is 5.16 Å². The van der Waals surface area contributed by atoms with Crippen LogP contribution in [0.5, 0.6) is 5.75 Å². The highest BCUT2D eigenvalue weighted by atomic mass is 32.2. The van der Waals surface area contributed by atoms with Crippen molar-refractivity contribution in [1.29, 1.82) is 0 Å². The van der Waals surface area contributed by atoms with Gasteiger partial charge in [0.1, 0.15) is 12.4 Å². The molecule has 0 atom stereocenters. The number of hydrogen-bond acceptors (Lipinski definition) is 5. The molecule has 0 spiro atoms. The van der Waals surface area contributed by atoms with Crippen molar-refractivity contribution in [1.82, 2.24) is 0 Å². The molecular formula is C15H21NO4S. The van der Waals surface area contributed by atoms with Crippen molar-refractivity contribution >= 4 is 15.5 Å². The van der Waals surface area contributed by atoms with E-state index in [1.54, 1.807) is 13.8 Å². The Morgan fingerprint density at radius 1 is 1.33 bits per heavy atom. The fraction of sp³-hybridized carbons (Fsp3) is 0.533. The Labute approximate surface area is 125 Å². The van der Waals surface area contributed by atoms with Gasteiger partial charge in [-0.3, -0.25) is 0 Å². The Bertz CT molecular complexity index is 635. The maximum Gasteiger partial charge on any atom is 0.155 e. The van der Waals surface area contributed by atoms with Crippen molar-refractivity contribution < 1.29 is 18.4 Å². The largest absolute Gasteiger partial charge is 0.492 e. The molecule has 1 aliphatic carbocycles. The van der Waals surface area contributed by atoms with Crippen LogP contribution in [-0.4, -0.2) is 36.9 Å². The molecule has 1 aromatic rings. The summed E-state index contributed by atoms with van der Waals surface area (Å²) in [7, 11) is -3.09. The highest BCUT2D eigenvalue weighted by molar-refractivity contribution is 7.91. The summed E-state index contributed by atoms with van der Waals surface area (Å²) in [5.74, 6) is 0.697. The van der Waals surface area contributed by atoms with Crippen LogP contribution < -0.4 is 4.74 Å². The number of nitrogens with zero attached hydrogens (tertiary/aromatic N) is 1. The van der Waals surface area contributed by atoms with Crippen LogP contribution in [0, 0.1) is 0 Å². The molecule has 5 nitrogen and oxygen atoms in total. The molecule has 21 heavy (non-hydrogen) atoms. The van der Waals surface area contributed by atoms with Gasteiger partial charge in [0.15, 0.2) is 9.84 Å². The Morgan fingerprint density at radius 2 is 2.10 bits per heavy atom. The van der Waals surface area contributed by atoms with Crippen LogP contribution in [0.2, 0.25) is 0 Å². The molecule has 1 aliphatic rings. The number of ether oxygens (including phenoxy) is 1. The van der Waals surface area contributed by atoms with Gasteiger partial charge in [0, 0.05) is 11.1 Å². The monoisotopic (exact) mass is 311 g/mol. The second kappa shape index (κ2) is 6.47. The van der Waals surface area contributed by atoms with E-state index in [1.807, 2.05) is 18.2 Å². The molecule has 1 aromatic carbocycles. The Balaban J connectivity index is 2.12. The van der Waals surface area contributed by atoms with Crippen molar-refractivity contribution in [2.45, 2.75) is 38.4 Å². The first-order valence-corrected chi connectivity index (χ1v) is 8.85. The highest BCUT2D eigenvalue weighted by Gasteiger charge is 2.20. The zero-order chi connectivity index (χ0) is 15.5. The molecule has 0 amide bonds. The molecule has 0 saturated heterocycles. The maximum absolute atomic E-state index is 11.8. The van der Waals surface area contributed by atoms with E-state index in [0.29, 0.717) is 11.5 Å². The lowest BCUT2D eigenvalue weighted by atomic mass is 9.89. The molecule has 0 saturated carbocycles. The lowest BCUT2D eigenvalue weighted by molar-refractivity contribution is 0.317. The summed E-state index contributed by atoms with van der Waals surface area (Å²) in [5, 5.41) is 12.0. The van der Waals surface area contributed by atoms with Gasteiger partial charge in [-0.05, 0) is 39.2 Å². The van der Waals surface area contributed by atoms with Gasteiger partial charge in [-0.15, -0.1) is 0 Å². The summed E-state index contributed by atoms with van der Waals surface area (Å²) in [4.78, 5) is 0. The first kappa shape index (κ1) is 15.8. The predicted octanol–water partition coefficient (Wildman–Crippen LogP) is 2.40. The highest BCUT2D eigenvalue weighted by Crippen LogP contribution is 2.30. The number of sulfone groups is 1. The fourth-order valence-corrected chi connectivity index (χ4v) is 3.19. The number of rotatable bonds is 5. The molecule has 2 rings (SSSR count). The van der Waals surface area contributed by atoms with Crippen molar-refractivity contribution in [2.75, 3.05) is 12.4 Å². The van der Waals surface area contributed by atoms with Crippen molar-refractivity contribution in [3.63, 3.8) is 0 Å². The van der Waals surface area contributed by atoms with E-state index in [9.17, 15) is 8.42 Å². The second-order valence-corrected chi connectivity index (χ2v) is 8.12. The summed E-state index contributed by atoms with van der Waals surface area (Å²) in [5.41, 5.74) is 2.56. The molecule has 116 valence electrons. The third-order valence-electron chi connectivity index (χ3n) is 3.75. The van der Waals surface area contributed by atoms with Gasteiger partial charge in [0.25, 0.3) is 0 Å². The Kier molecular flexibility index (Phi) is 4.88. The molecular weight excluding hydrogens is 290 g/mol. The van der Waals surface area contributed by atoms with Gasteiger partial charge in [0.05, 0.1) is 16.7 Å². The minimum absolute atomic E-state index is 0.00921. The number of benzene rings is 1. The molecule has 0 radical (unpaired) electrons. The van der Waals surface area contributed by atoms with E-state index >= 15 is 0 Å². The number of hydrogen-bond donors (Lipinski definition) is 1.